The fourth-order valence-electron chi connectivity index (χ4n) is 4.08. The van der Waals surface area contributed by atoms with Crippen LogP contribution in [0.25, 0.3) is 11.3 Å². The third kappa shape index (κ3) is 4.38. The van der Waals surface area contributed by atoms with Crippen LogP contribution in [0.15, 0.2) is 24.3 Å². The van der Waals surface area contributed by atoms with E-state index in [4.69, 9.17) is 4.74 Å². The van der Waals surface area contributed by atoms with Crippen molar-refractivity contribution in [3.63, 3.8) is 0 Å². The molecule has 0 aliphatic carbocycles. The van der Waals surface area contributed by atoms with Gasteiger partial charge in [0, 0.05) is 17.5 Å². The topological polar surface area (TPSA) is 58.5 Å². The SMILES string of the molecule is COc1cc(C(F)(F)F)ccc1-c1nnc(C(O)[C@]2(C)CCCN(C)C2)cc1C. The number of hydrogen-bond donors (Lipinski definition) is 1. The van der Waals surface area contributed by atoms with Gasteiger partial charge in [0.2, 0.25) is 0 Å². The van der Waals surface area contributed by atoms with Crippen molar-refractivity contribution in [1.29, 1.82) is 0 Å². The summed E-state index contributed by atoms with van der Waals surface area (Å²) < 4.78 is 44.1. The maximum Gasteiger partial charge on any atom is 0.416 e. The summed E-state index contributed by atoms with van der Waals surface area (Å²) in [5.74, 6) is 0.0754. The molecule has 1 fully saturated rings. The molecular weight excluding hydrogens is 383 g/mol. The smallest absolute Gasteiger partial charge is 0.416 e. The Bertz CT molecular complexity index is 888. The summed E-state index contributed by atoms with van der Waals surface area (Å²) in [4.78, 5) is 2.19. The number of hydrogen-bond acceptors (Lipinski definition) is 5. The molecule has 1 aliphatic heterocycles. The lowest BCUT2D eigenvalue weighted by molar-refractivity contribution is -0.137. The molecule has 0 amide bonds. The number of halogens is 3. The second kappa shape index (κ2) is 7.91. The zero-order valence-electron chi connectivity index (χ0n) is 17.0. The molecule has 3 rings (SSSR count). The Kier molecular flexibility index (Phi) is 5.87. The number of piperidine rings is 1. The van der Waals surface area contributed by atoms with Crippen molar-refractivity contribution in [2.24, 2.45) is 5.41 Å². The van der Waals surface area contributed by atoms with E-state index < -0.39 is 17.8 Å². The van der Waals surface area contributed by atoms with Crippen LogP contribution in [-0.2, 0) is 6.18 Å². The first-order valence-corrected chi connectivity index (χ1v) is 9.51. The highest BCUT2D eigenvalue weighted by Gasteiger charge is 2.38. The number of ether oxygens (including phenoxy) is 1. The molecule has 5 nitrogen and oxygen atoms in total. The second-order valence-corrected chi connectivity index (χ2v) is 8.11. The van der Waals surface area contributed by atoms with Crippen molar-refractivity contribution >= 4 is 0 Å². The van der Waals surface area contributed by atoms with Gasteiger partial charge in [-0.05, 0) is 63.2 Å². The molecule has 1 aromatic heterocycles. The number of aromatic nitrogens is 2. The van der Waals surface area contributed by atoms with Crippen LogP contribution in [0.4, 0.5) is 13.2 Å². The minimum absolute atomic E-state index is 0.0754. The first-order valence-electron chi connectivity index (χ1n) is 9.51. The Morgan fingerprint density at radius 3 is 2.55 bits per heavy atom. The summed E-state index contributed by atoms with van der Waals surface area (Å²) in [6, 6.07) is 5.05. The fraction of sp³-hybridized carbons (Fsp3) is 0.524. The van der Waals surface area contributed by atoms with E-state index in [2.05, 4.69) is 15.1 Å². The van der Waals surface area contributed by atoms with E-state index in [1.807, 2.05) is 14.0 Å². The molecule has 0 saturated carbocycles. The third-order valence-electron chi connectivity index (χ3n) is 5.65. The number of aryl methyl sites for hydroxylation is 1. The van der Waals surface area contributed by atoms with E-state index in [1.54, 1.807) is 13.0 Å². The van der Waals surface area contributed by atoms with Crippen molar-refractivity contribution in [2.75, 3.05) is 27.2 Å². The number of likely N-dealkylation sites (tertiary alicyclic amines) is 1. The van der Waals surface area contributed by atoms with Crippen LogP contribution in [0.5, 0.6) is 5.75 Å². The quantitative estimate of drug-likeness (QED) is 0.818. The first kappa shape index (κ1) is 21.5. The van der Waals surface area contributed by atoms with Crippen LogP contribution in [0.3, 0.4) is 0 Å². The summed E-state index contributed by atoms with van der Waals surface area (Å²) in [5.41, 5.74) is 0.911. The largest absolute Gasteiger partial charge is 0.496 e. The molecule has 1 aromatic carbocycles. The number of aliphatic hydroxyl groups excluding tert-OH is 1. The Hall–Kier alpha value is -2.19. The summed E-state index contributed by atoms with van der Waals surface area (Å²) in [7, 11) is 3.35. The zero-order chi connectivity index (χ0) is 21.4. The highest BCUT2D eigenvalue weighted by molar-refractivity contribution is 5.70. The molecule has 2 heterocycles. The van der Waals surface area contributed by atoms with Gasteiger partial charge >= 0.3 is 6.18 Å². The number of benzene rings is 1. The predicted octanol–water partition coefficient (Wildman–Crippen LogP) is 4.24. The maximum absolute atomic E-state index is 13.0. The van der Waals surface area contributed by atoms with E-state index in [0.29, 0.717) is 22.5 Å². The van der Waals surface area contributed by atoms with Gasteiger partial charge < -0.3 is 14.7 Å². The van der Waals surface area contributed by atoms with Gasteiger partial charge in [0.05, 0.1) is 24.1 Å². The van der Waals surface area contributed by atoms with Gasteiger partial charge in [-0.15, -0.1) is 5.10 Å². The van der Waals surface area contributed by atoms with E-state index in [-0.39, 0.29) is 11.2 Å². The standard InChI is InChI=1S/C21H26F3N3O2/c1-13-10-16(19(28)20(2)8-5-9-27(3)12-20)25-26-18(13)15-7-6-14(21(22,23)24)11-17(15)29-4/h6-7,10-11,19,28H,5,8-9,12H2,1-4H3/t19?,20-/m1/s1. The summed E-state index contributed by atoms with van der Waals surface area (Å²) in [6.07, 6.45) is -3.35. The van der Waals surface area contributed by atoms with Gasteiger partial charge in [-0.25, -0.2) is 0 Å². The van der Waals surface area contributed by atoms with Gasteiger partial charge in [-0.1, -0.05) is 6.92 Å². The van der Waals surface area contributed by atoms with Crippen molar-refractivity contribution in [3.05, 3.63) is 41.1 Å². The van der Waals surface area contributed by atoms with Crippen LogP contribution in [0.2, 0.25) is 0 Å². The number of aliphatic hydroxyl groups is 1. The van der Waals surface area contributed by atoms with Crippen molar-refractivity contribution in [2.45, 2.75) is 39.0 Å². The molecule has 0 radical (unpaired) electrons. The molecule has 1 aliphatic rings. The third-order valence-corrected chi connectivity index (χ3v) is 5.65. The lowest BCUT2D eigenvalue weighted by atomic mass is 9.76. The molecular formula is C21H26F3N3O2. The summed E-state index contributed by atoms with van der Waals surface area (Å²) in [5, 5.41) is 19.4. The molecule has 0 spiro atoms. The fourth-order valence-corrected chi connectivity index (χ4v) is 4.08. The second-order valence-electron chi connectivity index (χ2n) is 8.11. The molecule has 2 aromatic rings. The molecule has 29 heavy (non-hydrogen) atoms. The Labute approximate surface area is 168 Å². The monoisotopic (exact) mass is 409 g/mol. The zero-order valence-corrected chi connectivity index (χ0v) is 17.0. The molecule has 158 valence electrons. The normalized spacial score (nSPS) is 21.8. The Morgan fingerprint density at radius 2 is 1.97 bits per heavy atom. The van der Waals surface area contributed by atoms with Crippen molar-refractivity contribution in [3.8, 4) is 17.0 Å². The first-order chi connectivity index (χ1) is 13.5. The maximum atomic E-state index is 13.0. The van der Waals surface area contributed by atoms with Gasteiger partial charge in [-0.2, -0.15) is 18.3 Å². The van der Waals surface area contributed by atoms with Crippen LogP contribution >= 0.6 is 0 Å². The number of nitrogens with zero attached hydrogens (tertiary/aromatic N) is 3. The van der Waals surface area contributed by atoms with Crippen LogP contribution < -0.4 is 4.74 Å². The van der Waals surface area contributed by atoms with Gasteiger partial charge in [-0.3, -0.25) is 0 Å². The summed E-state index contributed by atoms with van der Waals surface area (Å²) in [6.45, 7) is 5.59. The molecule has 1 saturated heterocycles. The molecule has 1 N–H and O–H groups in total. The van der Waals surface area contributed by atoms with Crippen molar-refractivity contribution < 1.29 is 23.0 Å². The molecule has 8 heteroatoms. The van der Waals surface area contributed by atoms with E-state index >= 15 is 0 Å². The predicted molar refractivity (Wildman–Crippen MR) is 104 cm³/mol. The Balaban J connectivity index is 1.94. The minimum Gasteiger partial charge on any atom is -0.496 e. The molecule has 0 bridgehead atoms. The van der Waals surface area contributed by atoms with Gasteiger partial charge in [0.1, 0.15) is 11.9 Å². The van der Waals surface area contributed by atoms with E-state index in [0.717, 1.165) is 38.1 Å². The lowest BCUT2D eigenvalue weighted by Crippen LogP contribution is -2.43. The van der Waals surface area contributed by atoms with Crippen LogP contribution in [0.1, 0.15) is 42.7 Å². The number of rotatable bonds is 4. The summed E-state index contributed by atoms with van der Waals surface area (Å²) >= 11 is 0. The van der Waals surface area contributed by atoms with Crippen molar-refractivity contribution in [1.82, 2.24) is 15.1 Å². The van der Waals surface area contributed by atoms with Crippen LogP contribution in [-0.4, -0.2) is 47.5 Å². The lowest BCUT2D eigenvalue weighted by Gasteiger charge is -2.41. The van der Waals surface area contributed by atoms with E-state index in [1.165, 1.54) is 13.2 Å². The van der Waals surface area contributed by atoms with Crippen LogP contribution in [0, 0.1) is 12.3 Å². The molecule has 1 unspecified atom stereocenters. The Morgan fingerprint density at radius 1 is 1.24 bits per heavy atom. The number of alkyl halides is 3. The highest BCUT2D eigenvalue weighted by Crippen LogP contribution is 2.41. The van der Waals surface area contributed by atoms with Gasteiger partial charge in [0.25, 0.3) is 0 Å². The average Bonchev–Trinajstić information content (AvgIpc) is 2.66. The number of methoxy groups -OCH3 is 1. The molecule has 2 atom stereocenters. The van der Waals surface area contributed by atoms with Gasteiger partial charge in [0.15, 0.2) is 0 Å². The highest BCUT2D eigenvalue weighted by atomic mass is 19.4. The minimum atomic E-state index is -4.46. The van der Waals surface area contributed by atoms with E-state index in [9.17, 15) is 18.3 Å². The average molecular weight is 409 g/mol.